The van der Waals surface area contributed by atoms with Gasteiger partial charge in [0.1, 0.15) is 5.75 Å². The molecule has 2 aromatic heterocycles. The minimum atomic E-state index is -0.176. The molecule has 1 fully saturated rings. The maximum Gasteiger partial charge on any atom is 0.261 e. The van der Waals surface area contributed by atoms with Crippen LogP contribution >= 0.6 is 0 Å². The van der Waals surface area contributed by atoms with E-state index in [9.17, 15) is 4.79 Å². The number of carbonyl (C=O) groups is 1. The smallest absolute Gasteiger partial charge is 0.261 e. The number of amides is 1. The lowest BCUT2D eigenvalue weighted by Gasteiger charge is -2.28. The Bertz CT molecular complexity index is 980. The molecule has 0 radical (unpaired) electrons. The summed E-state index contributed by atoms with van der Waals surface area (Å²) in [6.45, 7) is 0.699. The number of carbonyl (C=O) groups excluding carboxylic acids is 1. The van der Waals surface area contributed by atoms with Crippen molar-refractivity contribution in [3.8, 4) is 17.2 Å². The van der Waals surface area contributed by atoms with E-state index in [-0.39, 0.29) is 11.9 Å². The summed E-state index contributed by atoms with van der Waals surface area (Å²) in [6.07, 6.45) is 7.77. The Balaban J connectivity index is 1.55. The number of ether oxygens (including phenoxy) is 1. The second-order valence-electron chi connectivity index (χ2n) is 7.34. The highest BCUT2D eigenvalue weighted by atomic mass is 16.5. The number of likely N-dealkylation sites (tertiary alicyclic amines) is 1. The van der Waals surface area contributed by atoms with Gasteiger partial charge in [-0.2, -0.15) is 10.1 Å². The number of aryl methyl sites for hydroxylation is 1. The first-order chi connectivity index (χ1) is 14.1. The first-order valence-corrected chi connectivity index (χ1v) is 9.89. The molecule has 8 nitrogen and oxygen atoms in total. The lowest BCUT2D eigenvalue weighted by Crippen LogP contribution is -2.36. The summed E-state index contributed by atoms with van der Waals surface area (Å²) >= 11 is 0. The molecule has 0 N–H and O–H groups in total. The van der Waals surface area contributed by atoms with Gasteiger partial charge in [0.25, 0.3) is 5.89 Å². The third-order valence-corrected chi connectivity index (χ3v) is 5.25. The van der Waals surface area contributed by atoms with Crippen molar-refractivity contribution in [3.63, 3.8) is 0 Å². The molecule has 1 saturated heterocycles. The zero-order valence-electron chi connectivity index (χ0n) is 16.7. The minimum absolute atomic E-state index is 0.0675. The van der Waals surface area contributed by atoms with Crippen LogP contribution in [0.2, 0.25) is 0 Å². The predicted molar refractivity (Wildman–Crippen MR) is 106 cm³/mol. The number of methoxy groups -OCH3 is 1. The van der Waals surface area contributed by atoms with Gasteiger partial charge in [0.05, 0.1) is 31.3 Å². The molecule has 8 heteroatoms. The molecule has 29 heavy (non-hydrogen) atoms. The maximum absolute atomic E-state index is 13.2. The van der Waals surface area contributed by atoms with Gasteiger partial charge >= 0.3 is 0 Å². The van der Waals surface area contributed by atoms with Gasteiger partial charge in [-0.05, 0) is 30.5 Å². The summed E-state index contributed by atoms with van der Waals surface area (Å²) in [5.41, 5.74) is 1.70. The summed E-state index contributed by atoms with van der Waals surface area (Å²) < 4.78 is 12.4. The van der Waals surface area contributed by atoms with Gasteiger partial charge in [-0.25, -0.2) is 0 Å². The molecule has 1 atom stereocenters. The molecule has 1 amide bonds. The van der Waals surface area contributed by atoms with Crippen LogP contribution in [0.3, 0.4) is 0 Å². The highest BCUT2D eigenvalue weighted by molar-refractivity contribution is 5.79. The number of hydrogen-bond acceptors (Lipinski definition) is 6. The molecule has 4 rings (SSSR count). The lowest BCUT2D eigenvalue weighted by molar-refractivity contribution is -0.133. The van der Waals surface area contributed by atoms with Crippen LogP contribution in [0.1, 0.15) is 43.1 Å². The van der Waals surface area contributed by atoms with E-state index in [0.717, 1.165) is 42.6 Å². The fourth-order valence-corrected chi connectivity index (χ4v) is 3.75. The zero-order chi connectivity index (χ0) is 20.2. The number of aromatic nitrogens is 4. The number of hydrogen-bond donors (Lipinski definition) is 0. The van der Waals surface area contributed by atoms with Crippen molar-refractivity contribution in [3.05, 3.63) is 48.0 Å². The van der Waals surface area contributed by atoms with E-state index >= 15 is 0 Å². The van der Waals surface area contributed by atoms with Gasteiger partial charge in [-0.15, -0.1) is 0 Å². The van der Waals surface area contributed by atoms with Crippen LogP contribution in [-0.2, 0) is 18.3 Å². The van der Waals surface area contributed by atoms with Crippen molar-refractivity contribution in [1.82, 2.24) is 24.8 Å². The van der Waals surface area contributed by atoms with Crippen LogP contribution in [0, 0.1) is 0 Å². The van der Waals surface area contributed by atoms with E-state index in [4.69, 9.17) is 9.26 Å². The normalized spacial score (nSPS) is 17.2. The van der Waals surface area contributed by atoms with E-state index in [0.29, 0.717) is 24.7 Å². The summed E-state index contributed by atoms with van der Waals surface area (Å²) in [6, 6.07) is 7.45. The quantitative estimate of drug-likeness (QED) is 0.660. The van der Waals surface area contributed by atoms with E-state index < -0.39 is 0 Å². The van der Waals surface area contributed by atoms with Crippen molar-refractivity contribution < 1.29 is 14.1 Å². The SMILES string of the molecule is COc1cccc(CC(=O)N2CCCCC[C@@H]2c2noc(-c3cnn(C)c3)n2)c1. The van der Waals surface area contributed by atoms with E-state index in [1.807, 2.05) is 42.4 Å². The van der Waals surface area contributed by atoms with Crippen molar-refractivity contribution in [1.29, 1.82) is 0 Å². The maximum atomic E-state index is 13.2. The van der Waals surface area contributed by atoms with Gasteiger partial charge in [-0.1, -0.05) is 30.1 Å². The second kappa shape index (κ2) is 8.46. The van der Waals surface area contributed by atoms with E-state index in [2.05, 4.69) is 15.2 Å². The molecule has 0 saturated carbocycles. The number of rotatable bonds is 5. The van der Waals surface area contributed by atoms with Gasteiger partial charge in [0.15, 0.2) is 5.82 Å². The van der Waals surface area contributed by atoms with Crippen LogP contribution < -0.4 is 4.74 Å². The average Bonchev–Trinajstić information content (AvgIpc) is 3.31. The van der Waals surface area contributed by atoms with Crippen LogP contribution in [0.15, 0.2) is 41.2 Å². The highest BCUT2D eigenvalue weighted by Gasteiger charge is 2.30. The molecule has 1 aromatic carbocycles. The zero-order valence-corrected chi connectivity index (χ0v) is 16.7. The highest BCUT2D eigenvalue weighted by Crippen LogP contribution is 2.30. The lowest BCUT2D eigenvalue weighted by atomic mass is 10.1. The van der Waals surface area contributed by atoms with Crippen LogP contribution in [-0.4, -0.2) is 44.4 Å². The molecule has 0 unspecified atom stereocenters. The molecule has 1 aliphatic rings. The Morgan fingerprint density at radius 3 is 3.00 bits per heavy atom. The largest absolute Gasteiger partial charge is 0.497 e. The third-order valence-electron chi connectivity index (χ3n) is 5.25. The Kier molecular flexibility index (Phi) is 5.59. The molecule has 0 spiro atoms. The molecular weight excluding hydrogens is 370 g/mol. The fourth-order valence-electron chi connectivity index (χ4n) is 3.75. The Morgan fingerprint density at radius 2 is 2.21 bits per heavy atom. The minimum Gasteiger partial charge on any atom is -0.497 e. The van der Waals surface area contributed by atoms with Crippen LogP contribution in [0.4, 0.5) is 0 Å². The average molecular weight is 395 g/mol. The monoisotopic (exact) mass is 395 g/mol. The van der Waals surface area contributed by atoms with Crippen LogP contribution in [0.5, 0.6) is 5.75 Å². The van der Waals surface area contributed by atoms with Gasteiger partial charge in [-0.3, -0.25) is 9.48 Å². The predicted octanol–water partition coefficient (Wildman–Crippen LogP) is 3.17. The summed E-state index contributed by atoms with van der Waals surface area (Å²) in [4.78, 5) is 19.7. The molecule has 3 aromatic rings. The second-order valence-corrected chi connectivity index (χ2v) is 7.34. The summed E-state index contributed by atoms with van der Waals surface area (Å²) in [5.74, 6) is 1.81. The van der Waals surface area contributed by atoms with E-state index in [1.54, 1.807) is 18.0 Å². The number of benzene rings is 1. The topological polar surface area (TPSA) is 86.3 Å². The van der Waals surface area contributed by atoms with Gasteiger partial charge in [0.2, 0.25) is 5.91 Å². The Morgan fingerprint density at radius 1 is 1.31 bits per heavy atom. The molecule has 1 aliphatic heterocycles. The first-order valence-electron chi connectivity index (χ1n) is 9.89. The van der Waals surface area contributed by atoms with Crippen LogP contribution in [0.25, 0.3) is 11.5 Å². The summed E-state index contributed by atoms with van der Waals surface area (Å²) in [5, 5.41) is 8.35. The van der Waals surface area contributed by atoms with Crippen molar-refractivity contribution in [2.45, 2.75) is 38.1 Å². The first kappa shape index (κ1) is 19.2. The molecule has 0 bridgehead atoms. The van der Waals surface area contributed by atoms with Crippen molar-refractivity contribution >= 4 is 5.91 Å². The molecule has 3 heterocycles. The fraction of sp³-hybridized carbons (Fsp3) is 0.429. The van der Waals surface area contributed by atoms with Crippen molar-refractivity contribution in [2.75, 3.05) is 13.7 Å². The number of nitrogens with zero attached hydrogens (tertiary/aromatic N) is 5. The molecular formula is C21H25N5O3. The third kappa shape index (κ3) is 4.31. The molecule has 0 aliphatic carbocycles. The Labute approximate surface area is 169 Å². The summed E-state index contributed by atoms with van der Waals surface area (Å²) in [7, 11) is 3.47. The molecule has 152 valence electrons. The Hall–Kier alpha value is -3.16. The van der Waals surface area contributed by atoms with E-state index in [1.165, 1.54) is 0 Å². The van der Waals surface area contributed by atoms with Crippen molar-refractivity contribution in [2.24, 2.45) is 7.05 Å². The van der Waals surface area contributed by atoms with Gasteiger partial charge in [0, 0.05) is 19.8 Å². The standard InChI is InChI=1S/C21H25N5O3/c1-25-14-16(13-22-25)21-23-20(24-29-21)18-9-4-3-5-10-26(18)19(27)12-15-7-6-8-17(11-15)28-2/h6-8,11,13-14,18H,3-5,9-10,12H2,1-2H3/t18-/m1/s1. The van der Waals surface area contributed by atoms with Gasteiger partial charge < -0.3 is 14.2 Å².